The van der Waals surface area contributed by atoms with Crippen molar-refractivity contribution in [2.24, 2.45) is 5.92 Å². The molecule has 2 fully saturated rings. The van der Waals surface area contributed by atoms with Crippen LogP contribution in [0, 0.1) is 5.92 Å². The molecule has 4 nitrogen and oxygen atoms in total. The first-order valence-corrected chi connectivity index (χ1v) is 9.61. The molecule has 0 spiro atoms. The Kier molecular flexibility index (Phi) is 5.23. The summed E-state index contributed by atoms with van der Waals surface area (Å²) in [6, 6.07) is 8.94. The summed E-state index contributed by atoms with van der Waals surface area (Å²) in [5.41, 5.74) is 1.14. The van der Waals surface area contributed by atoms with Crippen LogP contribution in [0.1, 0.15) is 23.3 Å². The molecular formula is C19H24N2O2S. The van der Waals surface area contributed by atoms with Crippen molar-refractivity contribution < 1.29 is 9.47 Å². The SMILES string of the molecule is c1cncc(COC[C@H]2C[C@@H]3OCCN(Cc4cccs4)[C@H]3C2)c1. The molecule has 0 N–H and O–H groups in total. The third-order valence-electron chi connectivity index (χ3n) is 5.03. The van der Waals surface area contributed by atoms with Gasteiger partial charge in [-0.15, -0.1) is 11.3 Å². The van der Waals surface area contributed by atoms with Crippen LogP contribution in [0.5, 0.6) is 0 Å². The third kappa shape index (κ3) is 3.86. The van der Waals surface area contributed by atoms with E-state index in [-0.39, 0.29) is 0 Å². The van der Waals surface area contributed by atoms with Gasteiger partial charge in [-0.1, -0.05) is 12.1 Å². The van der Waals surface area contributed by atoms with Gasteiger partial charge in [0.25, 0.3) is 0 Å². The molecule has 1 aliphatic heterocycles. The van der Waals surface area contributed by atoms with E-state index < -0.39 is 0 Å². The van der Waals surface area contributed by atoms with Crippen LogP contribution in [-0.4, -0.2) is 41.8 Å². The molecule has 1 saturated carbocycles. The predicted octanol–water partition coefficient (Wildman–Crippen LogP) is 3.34. The number of morpholine rings is 1. The molecule has 4 rings (SSSR count). The zero-order chi connectivity index (χ0) is 16.2. The van der Waals surface area contributed by atoms with Crippen molar-refractivity contribution in [1.82, 2.24) is 9.88 Å². The van der Waals surface area contributed by atoms with Gasteiger partial charge in [0.15, 0.2) is 0 Å². The topological polar surface area (TPSA) is 34.6 Å². The minimum atomic E-state index is 0.380. The molecule has 2 aliphatic rings. The van der Waals surface area contributed by atoms with E-state index in [1.54, 1.807) is 6.20 Å². The number of aromatic nitrogens is 1. The summed E-state index contributed by atoms with van der Waals surface area (Å²) in [6.07, 6.45) is 6.36. The molecule has 128 valence electrons. The van der Waals surface area contributed by atoms with E-state index in [0.29, 0.717) is 24.7 Å². The summed E-state index contributed by atoms with van der Waals surface area (Å²) in [4.78, 5) is 8.20. The van der Waals surface area contributed by atoms with E-state index in [1.165, 1.54) is 11.3 Å². The molecule has 0 amide bonds. The molecule has 5 heteroatoms. The lowest BCUT2D eigenvalue weighted by atomic mass is 10.1. The van der Waals surface area contributed by atoms with Crippen LogP contribution in [-0.2, 0) is 22.6 Å². The first kappa shape index (κ1) is 16.2. The summed E-state index contributed by atoms with van der Waals surface area (Å²) in [5, 5.41) is 2.16. The second-order valence-electron chi connectivity index (χ2n) is 6.74. The van der Waals surface area contributed by atoms with E-state index in [2.05, 4.69) is 33.5 Å². The first-order chi connectivity index (χ1) is 11.9. The zero-order valence-electron chi connectivity index (χ0n) is 13.8. The summed E-state index contributed by atoms with van der Waals surface area (Å²) in [7, 11) is 0. The van der Waals surface area contributed by atoms with E-state index in [1.807, 2.05) is 23.6 Å². The van der Waals surface area contributed by atoms with Crippen molar-refractivity contribution in [3.05, 3.63) is 52.5 Å². The molecule has 2 aromatic rings. The zero-order valence-corrected chi connectivity index (χ0v) is 14.7. The number of pyridine rings is 1. The van der Waals surface area contributed by atoms with Gasteiger partial charge in [0.2, 0.25) is 0 Å². The number of nitrogens with zero attached hydrogens (tertiary/aromatic N) is 2. The largest absolute Gasteiger partial charge is 0.376 e. The normalized spacial score (nSPS) is 27.2. The molecule has 0 aromatic carbocycles. The Labute approximate surface area is 147 Å². The fourth-order valence-corrected chi connectivity index (χ4v) is 4.62. The third-order valence-corrected chi connectivity index (χ3v) is 5.89. The Morgan fingerprint density at radius 2 is 2.29 bits per heavy atom. The van der Waals surface area contributed by atoms with E-state index in [0.717, 1.165) is 38.3 Å². The molecule has 3 heterocycles. The fraction of sp³-hybridized carbons (Fsp3) is 0.526. The first-order valence-electron chi connectivity index (χ1n) is 8.73. The van der Waals surface area contributed by atoms with Crippen LogP contribution in [0.3, 0.4) is 0 Å². The highest BCUT2D eigenvalue weighted by molar-refractivity contribution is 7.09. The highest BCUT2D eigenvalue weighted by Crippen LogP contribution is 2.35. The number of ether oxygens (including phenoxy) is 2. The van der Waals surface area contributed by atoms with Crippen molar-refractivity contribution in [2.75, 3.05) is 19.8 Å². The number of hydrogen-bond acceptors (Lipinski definition) is 5. The second-order valence-corrected chi connectivity index (χ2v) is 7.77. The highest BCUT2D eigenvalue weighted by Gasteiger charge is 2.40. The van der Waals surface area contributed by atoms with Crippen LogP contribution in [0.4, 0.5) is 0 Å². The van der Waals surface area contributed by atoms with Gasteiger partial charge in [-0.3, -0.25) is 9.88 Å². The van der Waals surface area contributed by atoms with Crippen LogP contribution < -0.4 is 0 Å². The van der Waals surface area contributed by atoms with Gasteiger partial charge in [-0.05, 0) is 41.8 Å². The number of hydrogen-bond donors (Lipinski definition) is 0. The van der Waals surface area contributed by atoms with Crippen molar-refractivity contribution in [2.45, 2.75) is 38.1 Å². The van der Waals surface area contributed by atoms with Crippen LogP contribution in [0.25, 0.3) is 0 Å². The maximum Gasteiger partial charge on any atom is 0.0734 e. The van der Waals surface area contributed by atoms with Crippen LogP contribution >= 0.6 is 11.3 Å². The summed E-state index contributed by atoms with van der Waals surface area (Å²) in [6.45, 7) is 4.43. The molecule has 1 saturated heterocycles. The Bertz CT molecular complexity index is 620. The Morgan fingerprint density at radius 1 is 1.29 bits per heavy atom. The Hall–Kier alpha value is -1.27. The molecule has 0 unspecified atom stereocenters. The fourth-order valence-electron chi connectivity index (χ4n) is 3.89. The quantitative estimate of drug-likeness (QED) is 0.805. The monoisotopic (exact) mass is 344 g/mol. The molecule has 3 atom stereocenters. The van der Waals surface area contributed by atoms with E-state index >= 15 is 0 Å². The van der Waals surface area contributed by atoms with Crippen molar-refractivity contribution in [3.63, 3.8) is 0 Å². The van der Waals surface area contributed by atoms with Gasteiger partial charge in [0, 0.05) is 43.0 Å². The molecule has 1 aliphatic carbocycles. The molecule has 2 aromatic heterocycles. The smallest absolute Gasteiger partial charge is 0.0734 e. The minimum absolute atomic E-state index is 0.380. The molecule has 0 bridgehead atoms. The number of rotatable bonds is 6. The second kappa shape index (κ2) is 7.74. The Balaban J connectivity index is 1.29. The standard InChI is InChI=1S/C19H24N2O2S/c1-3-15(11-20-5-1)13-22-14-16-9-18-19(10-16)23-7-6-21(18)12-17-4-2-8-24-17/h1-5,8,11,16,18-19H,6-7,9-10,12-14H2/t16-,18+,19+/m1/s1. The highest BCUT2D eigenvalue weighted by atomic mass is 32.1. The van der Waals surface area contributed by atoms with Crippen molar-refractivity contribution >= 4 is 11.3 Å². The van der Waals surface area contributed by atoms with Crippen LogP contribution in [0.15, 0.2) is 42.0 Å². The summed E-state index contributed by atoms with van der Waals surface area (Å²) in [5.74, 6) is 0.598. The Morgan fingerprint density at radius 3 is 3.12 bits per heavy atom. The number of thiophene rings is 1. The van der Waals surface area contributed by atoms with Gasteiger partial charge < -0.3 is 9.47 Å². The lowest BCUT2D eigenvalue weighted by molar-refractivity contribution is -0.0588. The van der Waals surface area contributed by atoms with Crippen LogP contribution in [0.2, 0.25) is 0 Å². The summed E-state index contributed by atoms with van der Waals surface area (Å²) >= 11 is 1.85. The molecule has 24 heavy (non-hydrogen) atoms. The van der Waals surface area contributed by atoms with Crippen molar-refractivity contribution in [3.8, 4) is 0 Å². The van der Waals surface area contributed by atoms with E-state index in [4.69, 9.17) is 9.47 Å². The minimum Gasteiger partial charge on any atom is -0.376 e. The molecule has 0 radical (unpaired) electrons. The lowest BCUT2D eigenvalue weighted by Gasteiger charge is -2.37. The van der Waals surface area contributed by atoms with Gasteiger partial charge in [-0.25, -0.2) is 0 Å². The molecular weight excluding hydrogens is 320 g/mol. The maximum absolute atomic E-state index is 6.04. The van der Waals surface area contributed by atoms with Gasteiger partial charge in [0.1, 0.15) is 0 Å². The summed E-state index contributed by atoms with van der Waals surface area (Å²) < 4.78 is 12.0. The average Bonchev–Trinajstić information content (AvgIpc) is 3.26. The average molecular weight is 344 g/mol. The van der Waals surface area contributed by atoms with Gasteiger partial charge in [0.05, 0.1) is 19.3 Å². The lowest BCUT2D eigenvalue weighted by Crippen LogP contribution is -2.47. The maximum atomic E-state index is 6.04. The van der Waals surface area contributed by atoms with E-state index in [9.17, 15) is 0 Å². The number of fused-ring (bicyclic) bond motifs is 1. The van der Waals surface area contributed by atoms with Gasteiger partial charge >= 0.3 is 0 Å². The van der Waals surface area contributed by atoms with Gasteiger partial charge in [-0.2, -0.15) is 0 Å². The predicted molar refractivity (Wildman–Crippen MR) is 94.9 cm³/mol. The van der Waals surface area contributed by atoms with Crippen molar-refractivity contribution in [1.29, 1.82) is 0 Å².